The van der Waals surface area contributed by atoms with E-state index in [2.05, 4.69) is 22.3 Å². The zero-order valence-electron chi connectivity index (χ0n) is 11.4. The van der Waals surface area contributed by atoms with Crippen LogP contribution in [0.4, 0.5) is 0 Å². The fourth-order valence-corrected chi connectivity index (χ4v) is 2.48. The van der Waals surface area contributed by atoms with E-state index >= 15 is 0 Å². The molecule has 1 aliphatic heterocycles. The third kappa shape index (κ3) is 4.07. The maximum atomic E-state index is 5.75. The van der Waals surface area contributed by atoms with Crippen LogP contribution in [-0.4, -0.2) is 40.1 Å². The zero-order chi connectivity index (χ0) is 12.8. The minimum atomic E-state index is 0.453. The van der Waals surface area contributed by atoms with Crippen LogP contribution in [0.3, 0.4) is 0 Å². The topological polar surface area (TPSA) is 52.0 Å². The summed E-state index contributed by atoms with van der Waals surface area (Å²) in [5, 5.41) is 7.88. The van der Waals surface area contributed by atoms with Crippen LogP contribution >= 0.6 is 0 Å². The second-order valence-corrected chi connectivity index (χ2v) is 5.04. The van der Waals surface area contributed by atoms with Crippen LogP contribution in [0.2, 0.25) is 0 Å². The first kappa shape index (κ1) is 13.5. The quantitative estimate of drug-likeness (QED) is 0.829. The van der Waals surface area contributed by atoms with Gasteiger partial charge in [-0.05, 0) is 19.3 Å². The van der Waals surface area contributed by atoms with Crippen LogP contribution in [0.5, 0.6) is 0 Å². The summed E-state index contributed by atoms with van der Waals surface area (Å²) in [6.45, 7) is 4.06. The molecule has 1 fully saturated rings. The molecule has 0 aliphatic carbocycles. The lowest BCUT2D eigenvalue weighted by molar-refractivity contribution is -0.00301. The molecule has 0 radical (unpaired) electrons. The lowest BCUT2D eigenvalue weighted by atomic mass is 10.00. The number of aryl methyl sites for hydroxylation is 1. The van der Waals surface area contributed by atoms with Crippen LogP contribution in [0.15, 0.2) is 6.33 Å². The largest absolute Gasteiger partial charge is 0.378 e. The Hall–Kier alpha value is -0.940. The smallest absolute Gasteiger partial charge is 0.151 e. The van der Waals surface area contributed by atoms with E-state index in [1.165, 1.54) is 12.8 Å². The first-order valence-corrected chi connectivity index (χ1v) is 6.97. The Balaban J connectivity index is 1.66. The Morgan fingerprint density at radius 2 is 2.44 bits per heavy atom. The molecule has 102 valence electrons. The Morgan fingerprint density at radius 3 is 3.17 bits per heavy atom. The van der Waals surface area contributed by atoms with Gasteiger partial charge < -0.3 is 10.1 Å². The van der Waals surface area contributed by atoms with Gasteiger partial charge >= 0.3 is 0 Å². The molecule has 5 heteroatoms. The van der Waals surface area contributed by atoms with E-state index in [0.29, 0.717) is 12.1 Å². The summed E-state index contributed by atoms with van der Waals surface area (Å²) in [7, 11) is 1.90. The molecule has 0 saturated carbocycles. The first-order chi connectivity index (χ1) is 8.78. The van der Waals surface area contributed by atoms with Gasteiger partial charge in [-0.25, -0.2) is 4.98 Å². The number of hydrogen-bond acceptors (Lipinski definition) is 4. The van der Waals surface area contributed by atoms with E-state index in [9.17, 15) is 0 Å². The van der Waals surface area contributed by atoms with E-state index in [0.717, 1.165) is 38.2 Å². The fourth-order valence-electron chi connectivity index (χ4n) is 2.48. The summed E-state index contributed by atoms with van der Waals surface area (Å²) < 4.78 is 7.50. The Morgan fingerprint density at radius 1 is 1.56 bits per heavy atom. The molecular weight excluding hydrogens is 228 g/mol. The van der Waals surface area contributed by atoms with Crippen LogP contribution in [0, 0.1) is 0 Å². The van der Waals surface area contributed by atoms with Gasteiger partial charge in [-0.1, -0.05) is 13.3 Å². The average Bonchev–Trinajstić information content (AvgIpc) is 2.76. The number of ether oxygens (including phenoxy) is 1. The van der Waals surface area contributed by atoms with Crippen LogP contribution in [-0.2, 0) is 18.2 Å². The molecule has 2 rings (SSSR count). The molecule has 2 heterocycles. The lowest BCUT2D eigenvalue weighted by Crippen LogP contribution is -2.39. The highest BCUT2D eigenvalue weighted by molar-refractivity contribution is 4.84. The minimum absolute atomic E-state index is 0.453. The molecule has 2 unspecified atom stereocenters. The Labute approximate surface area is 109 Å². The highest BCUT2D eigenvalue weighted by Gasteiger charge is 2.21. The summed E-state index contributed by atoms with van der Waals surface area (Å²) in [6.07, 6.45) is 7.75. The second-order valence-electron chi connectivity index (χ2n) is 5.04. The predicted octanol–water partition coefficient (Wildman–Crippen LogP) is 1.29. The minimum Gasteiger partial charge on any atom is -0.378 e. The number of nitrogens with one attached hydrogen (secondary N) is 1. The van der Waals surface area contributed by atoms with Gasteiger partial charge in [-0.2, -0.15) is 5.10 Å². The molecule has 1 aromatic heterocycles. The number of nitrogens with zero attached hydrogens (tertiary/aromatic N) is 3. The molecule has 0 amide bonds. The highest BCUT2D eigenvalue weighted by Crippen LogP contribution is 2.17. The molecule has 18 heavy (non-hydrogen) atoms. The summed E-state index contributed by atoms with van der Waals surface area (Å²) in [6, 6.07) is 0.596. The molecule has 5 nitrogen and oxygen atoms in total. The van der Waals surface area contributed by atoms with Crippen molar-refractivity contribution in [1.29, 1.82) is 0 Å². The maximum absolute atomic E-state index is 5.75. The number of hydrogen-bond donors (Lipinski definition) is 1. The van der Waals surface area contributed by atoms with Gasteiger partial charge in [0.05, 0.1) is 6.10 Å². The van der Waals surface area contributed by atoms with Crippen LogP contribution < -0.4 is 5.32 Å². The van der Waals surface area contributed by atoms with Crippen molar-refractivity contribution in [2.45, 2.75) is 51.2 Å². The van der Waals surface area contributed by atoms with E-state index in [4.69, 9.17) is 4.74 Å². The summed E-state index contributed by atoms with van der Waals surface area (Å²) in [5.74, 6) is 0.919. The van der Waals surface area contributed by atoms with Gasteiger partial charge in [0.2, 0.25) is 0 Å². The summed E-state index contributed by atoms with van der Waals surface area (Å²) in [5.41, 5.74) is 0. The molecule has 1 N–H and O–H groups in total. The standard InChI is InChI=1S/C13H24N4O/c1-3-4-12-9-11(6-8-18-12)14-7-5-13-15-10-17(2)16-13/h10-12,14H,3-9H2,1-2H3. The van der Waals surface area contributed by atoms with Gasteiger partial charge in [0.15, 0.2) is 5.82 Å². The predicted molar refractivity (Wildman–Crippen MR) is 70.4 cm³/mol. The molecule has 0 aromatic carbocycles. The van der Waals surface area contributed by atoms with Gasteiger partial charge in [0, 0.05) is 32.7 Å². The molecule has 2 atom stereocenters. The SMILES string of the molecule is CCCC1CC(NCCc2ncn(C)n2)CCO1. The zero-order valence-corrected chi connectivity index (χ0v) is 11.4. The normalized spacial score (nSPS) is 24.3. The molecule has 1 saturated heterocycles. The fraction of sp³-hybridized carbons (Fsp3) is 0.846. The first-order valence-electron chi connectivity index (χ1n) is 6.97. The van der Waals surface area contributed by atoms with Gasteiger partial charge in [-0.3, -0.25) is 4.68 Å². The van der Waals surface area contributed by atoms with Crippen molar-refractivity contribution in [3.8, 4) is 0 Å². The Bertz CT molecular complexity index is 351. The molecule has 1 aliphatic rings. The molecule has 1 aromatic rings. The van der Waals surface area contributed by atoms with Crippen molar-refractivity contribution in [3.05, 3.63) is 12.2 Å². The molecule has 0 spiro atoms. The van der Waals surface area contributed by atoms with E-state index < -0.39 is 0 Å². The monoisotopic (exact) mass is 252 g/mol. The number of rotatable bonds is 6. The summed E-state index contributed by atoms with van der Waals surface area (Å²) in [4.78, 5) is 4.23. The molecule has 0 bridgehead atoms. The van der Waals surface area contributed by atoms with Crippen LogP contribution in [0.25, 0.3) is 0 Å². The Kier molecular flexibility index (Phi) is 5.13. The van der Waals surface area contributed by atoms with Gasteiger partial charge in [0.1, 0.15) is 6.33 Å². The third-order valence-corrected chi connectivity index (χ3v) is 3.41. The number of aromatic nitrogens is 3. The van der Waals surface area contributed by atoms with Crippen molar-refractivity contribution in [2.75, 3.05) is 13.2 Å². The maximum Gasteiger partial charge on any atom is 0.151 e. The van der Waals surface area contributed by atoms with Gasteiger partial charge in [0.25, 0.3) is 0 Å². The van der Waals surface area contributed by atoms with Crippen molar-refractivity contribution in [1.82, 2.24) is 20.1 Å². The summed E-state index contributed by atoms with van der Waals surface area (Å²) >= 11 is 0. The lowest BCUT2D eigenvalue weighted by Gasteiger charge is -2.30. The average molecular weight is 252 g/mol. The highest BCUT2D eigenvalue weighted by atomic mass is 16.5. The van der Waals surface area contributed by atoms with Crippen molar-refractivity contribution < 1.29 is 4.74 Å². The van der Waals surface area contributed by atoms with Gasteiger partial charge in [-0.15, -0.1) is 0 Å². The second kappa shape index (κ2) is 6.85. The van der Waals surface area contributed by atoms with E-state index in [1.807, 2.05) is 7.05 Å². The third-order valence-electron chi connectivity index (χ3n) is 3.41. The van der Waals surface area contributed by atoms with Crippen molar-refractivity contribution in [2.24, 2.45) is 7.05 Å². The van der Waals surface area contributed by atoms with E-state index in [1.54, 1.807) is 11.0 Å². The van der Waals surface area contributed by atoms with Crippen molar-refractivity contribution in [3.63, 3.8) is 0 Å². The van der Waals surface area contributed by atoms with Crippen molar-refractivity contribution >= 4 is 0 Å². The van der Waals surface area contributed by atoms with Crippen LogP contribution in [0.1, 0.15) is 38.4 Å². The van der Waals surface area contributed by atoms with E-state index in [-0.39, 0.29) is 0 Å². The molecular formula is C13H24N4O.